The fraction of sp³-hybridized carbons (Fsp3) is 0.146. The summed E-state index contributed by atoms with van der Waals surface area (Å²) in [6.07, 6.45) is 0. The zero-order valence-electron chi connectivity index (χ0n) is 25.5. The van der Waals surface area contributed by atoms with Crippen LogP contribution in [0.15, 0.2) is 127 Å². The van der Waals surface area contributed by atoms with Crippen molar-refractivity contribution >= 4 is 21.5 Å². The van der Waals surface area contributed by atoms with E-state index in [4.69, 9.17) is 15.0 Å². The third-order valence-corrected chi connectivity index (χ3v) is 10.1. The molecule has 0 saturated heterocycles. The van der Waals surface area contributed by atoms with E-state index in [1.807, 2.05) is 36.4 Å². The van der Waals surface area contributed by atoms with Crippen molar-refractivity contribution in [3.63, 3.8) is 0 Å². The summed E-state index contributed by atoms with van der Waals surface area (Å²) < 4.78 is 0. The fourth-order valence-electron chi connectivity index (χ4n) is 7.11. The molecule has 3 heteroatoms. The molecule has 0 atom stereocenters. The van der Waals surface area contributed by atoms with E-state index >= 15 is 0 Å². The van der Waals surface area contributed by atoms with Gasteiger partial charge in [0.15, 0.2) is 17.5 Å². The molecular formula is C41H33N3. The van der Waals surface area contributed by atoms with Crippen molar-refractivity contribution < 1.29 is 0 Å². The lowest BCUT2D eigenvalue weighted by molar-refractivity contribution is 0.301. The van der Waals surface area contributed by atoms with Crippen molar-refractivity contribution in [2.75, 3.05) is 0 Å². The summed E-state index contributed by atoms with van der Waals surface area (Å²) in [6.45, 7) is 9.59. The van der Waals surface area contributed by atoms with Gasteiger partial charge in [-0.1, -0.05) is 155 Å². The SMILES string of the molecule is CC1(C)c2ccccc2-c2ccc3c(ccc4c(-c5nc(-c6ccccc6)nc(-c6ccccc6)n5)cccc43)c2C1(C)C. The molecule has 0 N–H and O–H groups in total. The monoisotopic (exact) mass is 567 g/mol. The number of rotatable bonds is 3. The van der Waals surface area contributed by atoms with Gasteiger partial charge in [0.25, 0.3) is 0 Å². The first kappa shape index (κ1) is 26.5. The topological polar surface area (TPSA) is 38.7 Å². The number of benzene rings is 6. The lowest BCUT2D eigenvalue weighted by Gasteiger charge is -2.49. The van der Waals surface area contributed by atoms with Crippen molar-refractivity contribution in [3.8, 4) is 45.3 Å². The standard InChI is InChI=1S/C41H33N3/c1-40(2)35-21-12-11-18-31(35)33-25-22-29-28-19-13-20-34(30(28)23-24-32(29)36(33)41(40,3)4)39-43-37(26-14-7-5-8-15-26)42-38(44-39)27-16-9-6-10-17-27/h5-25H,1-4H3. The van der Waals surface area contributed by atoms with E-state index in [0.717, 1.165) is 22.1 Å². The molecule has 7 aromatic rings. The van der Waals surface area contributed by atoms with Crippen molar-refractivity contribution in [2.24, 2.45) is 0 Å². The molecule has 0 unspecified atom stereocenters. The van der Waals surface area contributed by atoms with Crippen molar-refractivity contribution in [3.05, 3.63) is 139 Å². The van der Waals surface area contributed by atoms with E-state index in [9.17, 15) is 0 Å². The zero-order valence-corrected chi connectivity index (χ0v) is 25.5. The van der Waals surface area contributed by atoms with Crippen LogP contribution in [0.3, 0.4) is 0 Å². The molecule has 6 aromatic carbocycles. The maximum atomic E-state index is 5.04. The van der Waals surface area contributed by atoms with Gasteiger partial charge < -0.3 is 0 Å². The quantitative estimate of drug-likeness (QED) is 0.199. The van der Waals surface area contributed by atoms with Crippen LogP contribution in [0.4, 0.5) is 0 Å². The van der Waals surface area contributed by atoms with E-state index in [-0.39, 0.29) is 10.8 Å². The minimum absolute atomic E-state index is 0.0335. The molecule has 0 saturated carbocycles. The number of hydrogen-bond donors (Lipinski definition) is 0. The zero-order chi connectivity index (χ0) is 30.1. The molecule has 1 aliphatic carbocycles. The lowest BCUT2D eigenvalue weighted by atomic mass is 9.54. The van der Waals surface area contributed by atoms with Crippen LogP contribution in [0, 0.1) is 0 Å². The van der Waals surface area contributed by atoms with Crippen LogP contribution in [0.1, 0.15) is 38.8 Å². The first-order chi connectivity index (χ1) is 21.3. The van der Waals surface area contributed by atoms with E-state index in [0.29, 0.717) is 17.5 Å². The fourth-order valence-corrected chi connectivity index (χ4v) is 7.11. The van der Waals surface area contributed by atoms with Crippen molar-refractivity contribution in [1.29, 1.82) is 0 Å². The highest BCUT2D eigenvalue weighted by Gasteiger charge is 2.46. The first-order valence-electron chi connectivity index (χ1n) is 15.3. The predicted octanol–water partition coefficient (Wildman–Crippen LogP) is 10.4. The van der Waals surface area contributed by atoms with E-state index in [1.54, 1.807) is 0 Å². The Morgan fingerprint density at radius 1 is 0.364 bits per heavy atom. The van der Waals surface area contributed by atoms with Gasteiger partial charge in [-0.15, -0.1) is 0 Å². The molecule has 0 amide bonds. The highest BCUT2D eigenvalue weighted by Crippen LogP contribution is 2.56. The second kappa shape index (κ2) is 9.68. The van der Waals surface area contributed by atoms with Crippen LogP contribution in [-0.2, 0) is 10.8 Å². The van der Waals surface area contributed by atoms with Crippen molar-refractivity contribution in [1.82, 2.24) is 15.0 Å². The molecule has 1 aromatic heterocycles. The molecule has 1 heterocycles. The number of aromatic nitrogens is 3. The third kappa shape index (κ3) is 3.85. The van der Waals surface area contributed by atoms with Crippen LogP contribution < -0.4 is 0 Å². The van der Waals surface area contributed by atoms with E-state index < -0.39 is 0 Å². The third-order valence-electron chi connectivity index (χ3n) is 10.1. The summed E-state index contributed by atoms with van der Waals surface area (Å²) in [6, 6.07) is 45.0. The molecule has 3 nitrogen and oxygen atoms in total. The Hall–Kier alpha value is -5.15. The second-order valence-electron chi connectivity index (χ2n) is 12.9. The summed E-state index contributed by atoms with van der Waals surface area (Å²) in [4.78, 5) is 15.0. The highest BCUT2D eigenvalue weighted by molar-refractivity contribution is 6.14. The van der Waals surface area contributed by atoms with Gasteiger partial charge in [0.1, 0.15) is 0 Å². The van der Waals surface area contributed by atoms with Gasteiger partial charge >= 0.3 is 0 Å². The Bertz CT molecular complexity index is 2160. The molecule has 0 spiro atoms. The Balaban J connectivity index is 1.38. The predicted molar refractivity (Wildman–Crippen MR) is 183 cm³/mol. The number of nitrogens with zero attached hydrogens (tertiary/aromatic N) is 3. The van der Waals surface area contributed by atoms with Gasteiger partial charge in [0, 0.05) is 22.1 Å². The van der Waals surface area contributed by atoms with Gasteiger partial charge in [-0.3, -0.25) is 0 Å². The molecule has 0 radical (unpaired) electrons. The van der Waals surface area contributed by atoms with Crippen LogP contribution in [0.2, 0.25) is 0 Å². The van der Waals surface area contributed by atoms with Gasteiger partial charge in [-0.05, 0) is 49.2 Å². The molecule has 8 rings (SSSR count). The number of fused-ring (bicyclic) bond motifs is 7. The Kier molecular flexibility index (Phi) is 5.83. The highest BCUT2D eigenvalue weighted by atomic mass is 15.0. The molecule has 44 heavy (non-hydrogen) atoms. The summed E-state index contributed by atoms with van der Waals surface area (Å²) in [5, 5.41) is 4.91. The van der Waals surface area contributed by atoms with Gasteiger partial charge in [0.05, 0.1) is 0 Å². The minimum atomic E-state index is -0.0785. The number of hydrogen-bond acceptors (Lipinski definition) is 3. The van der Waals surface area contributed by atoms with Gasteiger partial charge in [0.2, 0.25) is 0 Å². The van der Waals surface area contributed by atoms with Gasteiger partial charge in [-0.25, -0.2) is 15.0 Å². The average Bonchev–Trinajstić information content (AvgIpc) is 3.07. The molecule has 212 valence electrons. The Morgan fingerprint density at radius 2 is 0.886 bits per heavy atom. The second-order valence-corrected chi connectivity index (χ2v) is 12.9. The summed E-state index contributed by atoms with van der Waals surface area (Å²) >= 11 is 0. The van der Waals surface area contributed by atoms with Crippen LogP contribution >= 0.6 is 0 Å². The molecule has 0 bridgehead atoms. The smallest absolute Gasteiger partial charge is 0.164 e. The molecular weight excluding hydrogens is 534 g/mol. The average molecular weight is 568 g/mol. The van der Waals surface area contributed by atoms with Crippen molar-refractivity contribution in [2.45, 2.75) is 38.5 Å². The lowest BCUT2D eigenvalue weighted by Crippen LogP contribution is -2.43. The minimum Gasteiger partial charge on any atom is -0.208 e. The maximum Gasteiger partial charge on any atom is 0.164 e. The normalized spacial score (nSPS) is 14.7. The Labute approximate surface area is 258 Å². The maximum absolute atomic E-state index is 5.04. The summed E-state index contributed by atoms with van der Waals surface area (Å²) in [5.41, 5.74) is 8.34. The van der Waals surface area contributed by atoms with E-state index in [1.165, 1.54) is 38.4 Å². The van der Waals surface area contributed by atoms with Crippen LogP contribution in [0.5, 0.6) is 0 Å². The largest absolute Gasteiger partial charge is 0.208 e. The first-order valence-corrected chi connectivity index (χ1v) is 15.3. The van der Waals surface area contributed by atoms with Crippen LogP contribution in [0.25, 0.3) is 66.8 Å². The van der Waals surface area contributed by atoms with Crippen LogP contribution in [-0.4, -0.2) is 15.0 Å². The summed E-state index contributed by atoms with van der Waals surface area (Å²) in [5.74, 6) is 2.02. The molecule has 1 aliphatic rings. The molecule has 0 aliphatic heterocycles. The van der Waals surface area contributed by atoms with E-state index in [2.05, 4.69) is 119 Å². The summed E-state index contributed by atoms with van der Waals surface area (Å²) in [7, 11) is 0. The van der Waals surface area contributed by atoms with Gasteiger partial charge in [-0.2, -0.15) is 0 Å². The molecule has 0 fully saturated rings. The Morgan fingerprint density at radius 3 is 1.57 bits per heavy atom.